The Hall–Kier alpha value is -2.27. The van der Waals surface area contributed by atoms with Crippen molar-refractivity contribution in [3.63, 3.8) is 0 Å². The molecule has 1 N–H and O–H groups in total. The van der Waals surface area contributed by atoms with Crippen molar-refractivity contribution in [2.24, 2.45) is 0 Å². The lowest BCUT2D eigenvalue weighted by molar-refractivity contribution is -0.127. The first-order valence-corrected chi connectivity index (χ1v) is 7.76. The van der Waals surface area contributed by atoms with Crippen LogP contribution in [0.5, 0.6) is 5.75 Å². The SMILES string of the molecule is CN(C)c1ncccc1CNC(=O)[C@@H]1Cc2cc(Cl)ccc2O1. The number of carbonyl (C=O) groups is 1. The highest BCUT2D eigenvalue weighted by Crippen LogP contribution is 2.31. The summed E-state index contributed by atoms with van der Waals surface area (Å²) in [4.78, 5) is 18.6. The van der Waals surface area contributed by atoms with Gasteiger partial charge in [0, 0.05) is 43.8 Å². The van der Waals surface area contributed by atoms with Crippen LogP contribution in [0.3, 0.4) is 0 Å². The predicted octanol–water partition coefficient (Wildman–Crippen LogP) is 2.42. The van der Waals surface area contributed by atoms with Gasteiger partial charge in [0.1, 0.15) is 11.6 Å². The normalized spacial score (nSPS) is 15.7. The highest BCUT2D eigenvalue weighted by molar-refractivity contribution is 6.30. The van der Waals surface area contributed by atoms with Crippen molar-refractivity contribution < 1.29 is 9.53 Å². The van der Waals surface area contributed by atoms with Crippen molar-refractivity contribution in [1.82, 2.24) is 10.3 Å². The van der Waals surface area contributed by atoms with Gasteiger partial charge < -0.3 is 15.0 Å². The number of nitrogens with one attached hydrogen (secondary N) is 1. The van der Waals surface area contributed by atoms with Crippen LogP contribution in [0.15, 0.2) is 36.5 Å². The maximum absolute atomic E-state index is 12.4. The third-order valence-electron chi connectivity index (χ3n) is 3.73. The molecule has 0 unspecified atom stereocenters. The van der Waals surface area contributed by atoms with E-state index in [1.807, 2.05) is 37.2 Å². The molecule has 0 spiro atoms. The Kier molecular flexibility index (Phi) is 4.39. The Morgan fingerprint density at radius 2 is 2.26 bits per heavy atom. The van der Waals surface area contributed by atoms with Crippen molar-refractivity contribution in [2.75, 3.05) is 19.0 Å². The van der Waals surface area contributed by atoms with Crippen LogP contribution in [0.25, 0.3) is 0 Å². The number of aromatic nitrogens is 1. The number of pyridine rings is 1. The van der Waals surface area contributed by atoms with Crippen molar-refractivity contribution in [3.05, 3.63) is 52.7 Å². The molecule has 0 saturated carbocycles. The van der Waals surface area contributed by atoms with Crippen molar-refractivity contribution in [2.45, 2.75) is 19.1 Å². The molecule has 6 heteroatoms. The van der Waals surface area contributed by atoms with Crippen LogP contribution in [-0.4, -0.2) is 31.1 Å². The molecular formula is C17H18ClN3O2. The Morgan fingerprint density at radius 1 is 1.43 bits per heavy atom. The number of hydrogen-bond acceptors (Lipinski definition) is 4. The lowest BCUT2D eigenvalue weighted by Crippen LogP contribution is -2.37. The maximum Gasteiger partial charge on any atom is 0.261 e. The summed E-state index contributed by atoms with van der Waals surface area (Å²) in [6.07, 6.45) is 1.76. The molecule has 0 saturated heterocycles. The first-order valence-electron chi connectivity index (χ1n) is 7.38. The molecule has 0 radical (unpaired) electrons. The van der Waals surface area contributed by atoms with E-state index in [1.54, 1.807) is 18.3 Å². The molecule has 1 atom stereocenters. The molecule has 1 aromatic carbocycles. The number of anilines is 1. The minimum atomic E-state index is -0.511. The van der Waals surface area contributed by atoms with Gasteiger partial charge in [-0.15, -0.1) is 0 Å². The minimum absolute atomic E-state index is 0.133. The molecule has 1 aromatic heterocycles. The minimum Gasteiger partial charge on any atom is -0.480 e. The molecule has 23 heavy (non-hydrogen) atoms. The topological polar surface area (TPSA) is 54.5 Å². The van der Waals surface area contributed by atoms with Crippen molar-refractivity contribution in [1.29, 1.82) is 0 Å². The molecule has 0 aliphatic carbocycles. The van der Waals surface area contributed by atoms with Crippen LogP contribution < -0.4 is 15.0 Å². The molecule has 1 aliphatic heterocycles. The van der Waals surface area contributed by atoms with E-state index in [4.69, 9.17) is 16.3 Å². The Balaban J connectivity index is 1.63. The first kappa shape index (κ1) is 15.6. The summed E-state index contributed by atoms with van der Waals surface area (Å²) in [6.45, 7) is 0.414. The number of amides is 1. The van der Waals surface area contributed by atoms with Crippen LogP contribution in [0, 0.1) is 0 Å². The van der Waals surface area contributed by atoms with Crippen LogP contribution in [0.4, 0.5) is 5.82 Å². The molecule has 2 aromatic rings. The molecule has 120 valence electrons. The molecule has 1 aliphatic rings. The molecule has 1 amide bonds. The standard InChI is InChI=1S/C17H18ClN3O2/c1-21(2)16-11(4-3-7-19-16)10-20-17(22)15-9-12-8-13(18)5-6-14(12)23-15/h3-8,15H,9-10H2,1-2H3,(H,20,22)/t15-/m0/s1. The van der Waals surface area contributed by atoms with Crippen LogP contribution in [-0.2, 0) is 17.8 Å². The largest absolute Gasteiger partial charge is 0.480 e. The zero-order valence-corrected chi connectivity index (χ0v) is 13.8. The van der Waals surface area contributed by atoms with Gasteiger partial charge in [0.2, 0.25) is 0 Å². The van der Waals surface area contributed by atoms with E-state index < -0.39 is 6.10 Å². The second kappa shape index (κ2) is 6.46. The molecular weight excluding hydrogens is 314 g/mol. The smallest absolute Gasteiger partial charge is 0.261 e. The number of benzene rings is 1. The van der Waals surface area contributed by atoms with Gasteiger partial charge in [-0.05, 0) is 29.8 Å². The molecule has 0 bridgehead atoms. The number of rotatable bonds is 4. The predicted molar refractivity (Wildman–Crippen MR) is 90.0 cm³/mol. The Bertz CT molecular complexity index is 734. The monoisotopic (exact) mass is 331 g/mol. The summed E-state index contributed by atoms with van der Waals surface area (Å²) in [5.74, 6) is 1.44. The molecule has 2 heterocycles. The van der Waals surface area contributed by atoms with E-state index in [-0.39, 0.29) is 5.91 Å². The number of carbonyl (C=O) groups excluding carboxylic acids is 1. The van der Waals surface area contributed by atoms with Gasteiger partial charge in [0.05, 0.1) is 0 Å². The van der Waals surface area contributed by atoms with Crippen LogP contribution >= 0.6 is 11.6 Å². The van der Waals surface area contributed by atoms with Gasteiger partial charge >= 0.3 is 0 Å². The lowest BCUT2D eigenvalue weighted by atomic mass is 10.1. The van der Waals surface area contributed by atoms with E-state index in [0.29, 0.717) is 18.0 Å². The number of halogens is 1. The zero-order valence-electron chi connectivity index (χ0n) is 13.0. The fraction of sp³-hybridized carbons (Fsp3) is 0.294. The third-order valence-corrected chi connectivity index (χ3v) is 3.97. The quantitative estimate of drug-likeness (QED) is 0.935. The van der Waals surface area contributed by atoms with E-state index in [2.05, 4.69) is 10.3 Å². The highest BCUT2D eigenvalue weighted by atomic mass is 35.5. The molecule has 0 fully saturated rings. The maximum atomic E-state index is 12.4. The summed E-state index contributed by atoms with van der Waals surface area (Å²) in [6, 6.07) is 9.22. The number of fused-ring (bicyclic) bond motifs is 1. The Labute approximate surface area is 140 Å². The number of nitrogens with zero attached hydrogens (tertiary/aromatic N) is 2. The van der Waals surface area contributed by atoms with Gasteiger partial charge in [-0.25, -0.2) is 4.98 Å². The summed E-state index contributed by atoms with van der Waals surface area (Å²) < 4.78 is 5.69. The van der Waals surface area contributed by atoms with Gasteiger partial charge in [0.25, 0.3) is 5.91 Å². The van der Waals surface area contributed by atoms with Gasteiger partial charge in [-0.1, -0.05) is 17.7 Å². The number of hydrogen-bond donors (Lipinski definition) is 1. The summed E-state index contributed by atoms with van der Waals surface area (Å²) in [7, 11) is 3.85. The average Bonchev–Trinajstić information content (AvgIpc) is 2.95. The lowest BCUT2D eigenvalue weighted by Gasteiger charge is -2.17. The van der Waals surface area contributed by atoms with Crippen LogP contribution in [0.1, 0.15) is 11.1 Å². The van der Waals surface area contributed by atoms with Crippen LogP contribution in [0.2, 0.25) is 5.02 Å². The van der Waals surface area contributed by atoms with Gasteiger partial charge in [-0.3, -0.25) is 4.79 Å². The fourth-order valence-electron chi connectivity index (χ4n) is 2.63. The van der Waals surface area contributed by atoms with E-state index >= 15 is 0 Å². The zero-order chi connectivity index (χ0) is 16.4. The second-order valence-electron chi connectivity index (χ2n) is 5.66. The summed E-state index contributed by atoms with van der Waals surface area (Å²) in [5, 5.41) is 3.57. The van der Waals surface area contributed by atoms with Crippen molar-refractivity contribution >= 4 is 23.3 Å². The van der Waals surface area contributed by atoms with Gasteiger partial charge in [0.15, 0.2) is 6.10 Å². The van der Waals surface area contributed by atoms with E-state index in [1.165, 1.54) is 0 Å². The fourth-order valence-corrected chi connectivity index (χ4v) is 2.83. The Morgan fingerprint density at radius 3 is 3.04 bits per heavy atom. The third kappa shape index (κ3) is 3.40. The molecule has 5 nitrogen and oxygen atoms in total. The number of ether oxygens (including phenoxy) is 1. The van der Waals surface area contributed by atoms with E-state index in [0.717, 1.165) is 22.7 Å². The van der Waals surface area contributed by atoms with Crippen molar-refractivity contribution in [3.8, 4) is 5.75 Å². The van der Waals surface area contributed by atoms with E-state index in [9.17, 15) is 4.79 Å². The summed E-state index contributed by atoms with van der Waals surface area (Å²) >= 11 is 5.97. The first-order chi connectivity index (χ1) is 11.0. The summed E-state index contributed by atoms with van der Waals surface area (Å²) in [5.41, 5.74) is 1.93. The van der Waals surface area contributed by atoms with Gasteiger partial charge in [-0.2, -0.15) is 0 Å². The molecule has 3 rings (SSSR count). The highest BCUT2D eigenvalue weighted by Gasteiger charge is 2.29. The average molecular weight is 332 g/mol. The second-order valence-corrected chi connectivity index (χ2v) is 6.10.